The molecule has 1 unspecified atom stereocenters. The van der Waals surface area contributed by atoms with Crippen LogP contribution in [0.25, 0.3) is 0 Å². The highest BCUT2D eigenvalue weighted by molar-refractivity contribution is 6.00. The van der Waals surface area contributed by atoms with E-state index in [4.69, 9.17) is 4.74 Å². The lowest BCUT2D eigenvalue weighted by Crippen LogP contribution is -2.38. The largest absolute Gasteiger partial charge is 0.492 e. The molecule has 0 radical (unpaired) electrons. The van der Waals surface area contributed by atoms with Gasteiger partial charge in [-0.2, -0.15) is 0 Å². The van der Waals surface area contributed by atoms with E-state index in [0.29, 0.717) is 6.61 Å². The van der Waals surface area contributed by atoms with Crippen LogP contribution in [0, 0.1) is 0 Å². The minimum atomic E-state index is -0.0466. The molecule has 1 aromatic rings. The number of ether oxygens (including phenoxy) is 1. The fraction of sp³-hybridized carbons (Fsp3) is 0.533. The minimum absolute atomic E-state index is 0.0466. The van der Waals surface area contributed by atoms with Crippen LogP contribution in [0.5, 0.6) is 5.75 Å². The Bertz CT molecular complexity index is 434. The Morgan fingerprint density at radius 1 is 1.37 bits per heavy atom. The number of nitrogens with one attached hydrogen (secondary N) is 1. The van der Waals surface area contributed by atoms with Crippen molar-refractivity contribution in [3.63, 3.8) is 0 Å². The van der Waals surface area contributed by atoms with Gasteiger partial charge in [-0.05, 0) is 38.4 Å². The summed E-state index contributed by atoms with van der Waals surface area (Å²) in [5, 5.41) is 3.30. The number of hydrogen-bond acceptors (Lipinski definition) is 3. The molecule has 0 spiro atoms. The van der Waals surface area contributed by atoms with E-state index in [-0.39, 0.29) is 11.9 Å². The van der Waals surface area contributed by atoms with Gasteiger partial charge in [0.2, 0.25) is 5.91 Å². The Morgan fingerprint density at radius 2 is 2.16 bits per heavy atom. The number of carbonyl (C=O) groups is 1. The van der Waals surface area contributed by atoms with E-state index >= 15 is 0 Å². The van der Waals surface area contributed by atoms with Crippen LogP contribution < -0.4 is 15.0 Å². The molecule has 0 bridgehead atoms. The molecular formula is C15H22N2O2. The second-order valence-corrected chi connectivity index (χ2v) is 4.69. The third-order valence-corrected chi connectivity index (χ3v) is 3.30. The Morgan fingerprint density at radius 3 is 2.89 bits per heavy atom. The molecule has 0 saturated carbocycles. The first-order chi connectivity index (χ1) is 9.27. The number of amides is 1. The van der Waals surface area contributed by atoms with Crippen LogP contribution in [-0.4, -0.2) is 31.6 Å². The molecule has 4 nitrogen and oxygen atoms in total. The number of hydrogen-bond donors (Lipinski definition) is 1. The molecule has 1 aromatic carbocycles. The van der Waals surface area contributed by atoms with Crippen LogP contribution in [0.3, 0.4) is 0 Å². The van der Waals surface area contributed by atoms with Gasteiger partial charge in [0.15, 0.2) is 0 Å². The first kappa shape index (κ1) is 13.9. The lowest BCUT2D eigenvalue weighted by atomic mass is 10.2. The first-order valence-corrected chi connectivity index (χ1v) is 7.04. The third kappa shape index (κ3) is 3.07. The van der Waals surface area contributed by atoms with Crippen molar-refractivity contribution in [2.24, 2.45) is 0 Å². The summed E-state index contributed by atoms with van der Waals surface area (Å²) in [7, 11) is 0. The lowest BCUT2D eigenvalue weighted by Gasteiger charge is -2.20. The van der Waals surface area contributed by atoms with Crippen molar-refractivity contribution in [3.05, 3.63) is 24.3 Å². The lowest BCUT2D eigenvalue weighted by molar-refractivity contribution is -0.118. The number of benzene rings is 1. The number of carbonyl (C=O) groups excluding carboxylic acids is 1. The Kier molecular flexibility index (Phi) is 4.80. The van der Waals surface area contributed by atoms with Crippen LogP contribution in [0.15, 0.2) is 24.3 Å². The van der Waals surface area contributed by atoms with Crippen molar-refractivity contribution in [1.29, 1.82) is 0 Å². The zero-order chi connectivity index (χ0) is 13.7. The zero-order valence-electron chi connectivity index (χ0n) is 11.7. The minimum Gasteiger partial charge on any atom is -0.492 e. The van der Waals surface area contributed by atoms with Crippen LogP contribution in [-0.2, 0) is 4.79 Å². The Balaban J connectivity index is 2.12. The Hall–Kier alpha value is -1.55. The molecule has 1 amide bonds. The van der Waals surface area contributed by atoms with Crippen LogP contribution in [0.2, 0.25) is 0 Å². The zero-order valence-corrected chi connectivity index (χ0v) is 11.7. The summed E-state index contributed by atoms with van der Waals surface area (Å²) < 4.78 is 5.60. The Labute approximate surface area is 114 Å². The van der Waals surface area contributed by atoms with Crippen molar-refractivity contribution in [3.8, 4) is 5.75 Å². The van der Waals surface area contributed by atoms with Crippen LogP contribution in [0.4, 0.5) is 5.69 Å². The maximum absolute atomic E-state index is 12.4. The van der Waals surface area contributed by atoms with Crippen molar-refractivity contribution in [2.45, 2.75) is 32.7 Å². The highest BCUT2D eigenvalue weighted by atomic mass is 16.5. The highest BCUT2D eigenvalue weighted by Gasteiger charge is 2.33. The average molecular weight is 262 g/mol. The average Bonchev–Trinajstić information content (AvgIpc) is 2.79. The summed E-state index contributed by atoms with van der Waals surface area (Å²) in [6.07, 6.45) is 1.90. The molecule has 1 saturated heterocycles. The standard InChI is InChI=1S/C15H22N2O2/c1-3-10-16-12-9-11-17(15(12)18)13-7-5-6-8-14(13)19-4-2/h5-8,12,16H,3-4,9-11H2,1-2H3. The van der Waals surface area contributed by atoms with Crippen molar-refractivity contribution >= 4 is 11.6 Å². The fourth-order valence-corrected chi connectivity index (χ4v) is 2.38. The van der Waals surface area contributed by atoms with Gasteiger partial charge in [0.1, 0.15) is 5.75 Å². The summed E-state index contributed by atoms with van der Waals surface area (Å²) in [5.74, 6) is 0.940. The molecule has 0 aliphatic carbocycles. The van der Waals surface area contributed by atoms with Gasteiger partial charge in [-0.15, -0.1) is 0 Å². The van der Waals surface area contributed by atoms with E-state index in [2.05, 4.69) is 12.2 Å². The molecule has 1 fully saturated rings. The molecular weight excluding hydrogens is 240 g/mol. The molecule has 1 heterocycles. The molecule has 19 heavy (non-hydrogen) atoms. The molecule has 2 rings (SSSR count). The summed E-state index contributed by atoms with van der Waals surface area (Å²) in [6, 6.07) is 7.69. The molecule has 104 valence electrons. The van der Waals surface area contributed by atoms with Crippen molar-refractivity contribution < 1.29 is 9.53 Å². The maximum Gasteiger partial charge on any atom is 0.244 e. The second-order valence-electron chi connectivity index (χ2n) is 4.69. The normalized spacial score (nSPS) is 18.9. The summed E-state index contributed by atoms with van der Waals surface area (Å²) in [6.45, 7) is 6.31. The SMILES string of the molecule is CCCNC1CCN(c2ccccc2OCC)C1=O. The third-order valence-electron chi connectivity index (χ3n) is 3.30. The second kappa shape index (κ2) is 6.57. The van der Waals surface area contributed by atoms with Gasteiger partial charge in [0, 0.05) is 6.54 Å². The number of anilines is 1. The number of rotatable bonds is 6. The highest BCUT2D eigenvalue weighted by Crippen LogP contribution is 2.31. The predicted molar refractivity (Wildman–Crippen MR) is 76.7 cm³/mol. The van der Waals surface area contributed by atoms with Crippen molar-refractivity contribution in [1.82, 2.24) is 5.32 Å². The van der Waals surface area contributed by atoms with Gasteiger partial charge < -0.3 is 15.0 Å². The molecule has 1 N–H and O–H groups in total. The number of para-hydroxylation sites is 2. The van der Waals surface area contributed by atoms with E-state index in [9.17, 15) is 4.79 Å². The van der Waals surface area contributed by atoms with E-state index in [0.717, 1.165) is 37.4 Å². The van der Waals surface area contributed by atoms with E-state index in [1.165, 1.54) is 0 Å². The van der Waals surface area contributed by atoms with Gasteiger partial charge >= 0.3 is 0 Å². The van der Waals surface area contributed by atoms with Gasteiger partial charge in [-0.25, -0.2) is 0 Å². The summed E-state index contributed by atoms with van der Waals surface area (Å²) >= 11 is 0. The van der Waals surface area contributed by atoms with Gasteiger partial charge in [-0.3, -0.25) is 4.79 Å². The quantitative estimate of drug-likeness (QED) is 0.854. The maximum atomic E-state index is 12.4. The fourth-order valence-electron chi connectivity index (χ4n) is 2.38. The molecule has 4 heteroatoms. The van der Waals surface area contributed by atoms with E-state index in [1.54, 1.807) is 0 Å². The predicted octanol–water partition coefficient (Wildman–Crippen LogP) is 2.19. The van der Waals surface area contributed by atoms with E-state index < -0.39 is 0 Å². The van der Waals surface area contributed by atoms with Crippen LogP contribution in [0.1, 0.15) is 26.7 Å². The summed E-state index contributed by atoms with van der Waals surface area (Å²) in [5.41, 5.74) is 0.884. The summed E-state index contributed by atoms with van der Waals surface area (Å²) in [4.78, 5) is 14.2. The first-order valence-electron chi connectivity index (χ1n) is 7.04. The molecule has 1 atom stereocenters. The molecule has 1 aliphatic heterocycles. The molecule has 1 aliphatic rings. The molecule has 0 aromatic heterocycles. The van der Waals surface area contributed by atoms with E-state index in [1.807, 2.05) is 36.1 Å². The van der Waals surface area contributed by atoms with Gasteiger partial charge in [-0.1, -0.05) is 19.1 Å². The number of nitrogens with zero attached hydrogens (tertiary/aromatic N) is 1. The van der Waals surface area contributed by atoms with Crippen LogP contribution >= 0.6 is 0 Å². The monoisotopic (exact) mass is 262 g/mol. The van der Waals surface area contributed by atoms with Gasteiger partial charge in [0.05, 0.1) is 18.3 Å². The van der Waals surface area contributed by atoms with Crippen molar-refractivity contribution in [2.75, 3.05) is 24.6 Å². The topological polar surface area (TPSA) is 41.6 Å². The smallest absolute Gasteiger partial charge is 0.244 e. The van der Waals surface area contributed by atoms with Gasteiger partial charge in [0.25, 0.3) is 0 Å².